The fraction of sp³-hybridized carbons (Fsp3) is 0.692. The summed E-state index contributed by atoms with van der Waals surface area (Å²) in [5.41, 5.74) is 0. The van der Waals surface area contributed by atoms with E-state index in [4.69, 9.17) is 5.11 Å². The van der Waals surface area contributed by atoms with Crippen molar-refractivity contribution in [3.8, 4) is 0 Å². The standard InChI is InChI=1S/C13H21N3O4S/c1-2-15-9-12(14-10-15)21(19,20)16-7-5-11(6-8-16)3-4-13(17)18/h9-11H,2-8H2,1H3,(H,17,18). The average Bonchev–Trinajstić information content (AvgIpc) is 2.95. The molecule has 1 aromatic heterocycles. The summed E-state index contributed by atoms with van der Waals surface area (Å²) in [5.74, 6) is -0.504. The Morgan fingerprint density at radius 3 is 2.62 bits per heavy atom. The molecule has 2 heterocycles. The van der Waals surface area contributed by atoms with Crippen LogP contribution in [0.4, 0.5) is 0 Å². The van der Waals surface area contributed by atoms with Gasteiger partial charge in [0.15, 0.2) is 5.03 Å². The van der Waals surface area contributed by atoms with Gasteiger partial charge in [0.25, 0.3) is 10.0 Å². The largest absolute Gasteiger partial charge is 0.481 e. The molecule has 7 nitrogen and oxygen atoms in total. The summed E-state index contributed by atoms with van der Waals surface area (Å²) in [6.45, 7) is 3.48. The van der Waals surface area contributed by atoms with Crippen molar-refractivity contribution in [2.45, 2.75) is 44.2 Å². The summed E-state index contributed by atoms with van der Waals surface area (Å²) in [4.78, 5) is 14.5. The smallest absolute Gasteiger partial charge is 0.303 e. The van der Waals surface area contributed by atoms with Gasteiger partial charge in [-0.3, -0.25) is 4.79 Å². The van der Waals surface area contributed by atoms with Crippen LogP contribution >= 0.6 is 0 Å². The van der Waals surface area contributed by atoms with Crippen LogP contribution in [-0.2, 0) is 21.4 Å². The van der Waals surface area contributed by atoms with E-state index in [0.29, 0.717) is 44.8 Å². The molecule has 1 N–H and O–H groups in total. The third-order valence-electron chi connectivity index (χ3n) is 3.92. The number of carboxylic acids is 1. The molecule has 0 radical (unpaired) electrons. The number of carboxylic acid groups (broad SMARTS) is 1. The topological polar surface area (TPSA) is 92.5 Å². The van der Waals surface area contributed by atoms with Gasteiger partial charge >= 0.3 is 5.97 Å². The third kappa shape index (κ3) is 3.82. The van der Waals surface area contributed by atoms with Gasteiger partial charge in [-0.05, 0) is 32.1 Å². The predicted molar refractivity (Wildman–Crippen MR) is 76.3 cm³/mol. The van der Waals surface area contributed by atoms with Gasteiger partial charge in [0.2, 0.25) is 0 Å². The summed E-state index contributed by atoms with van der Waals surface area (Å²) < 4.78 is 28.1. The fourth-order valence-corrected chi connectivity index (χ4v) is 3.95. The highest BCUT2D eigenvalue weighted by Crippen LogP contribution is 2.25. The van der Waals surface area contributed by atoms with Gasteiger partial charge < -0.3 is 9.67 Å². The number of aliphatic carboxylic acids is 1. The maximum absolute atomic E-state index is 12.4. The van der Waals surface area contributed by atoms with E-state index in [2.05, 4.69) is 4.98 Å². The fourth-order valence-electron chi connectivity index (χ4n) is 2.54. The van der Waals surface area contributed by atoms with Crippen molar-refractivity contribution >= 4 is 16.0 Å². The Labute approximate surface area is 124 Å². The molecule has 0 saturated carbocycles. The second-order valence-corrected chi connectivity index (χ2v) is 7.21. The monoisotopic (exact) mass is 315 g/mol. The van der Waals surface area contributed by atoms with E-state index < -0.39 is 16.0 Å². The lowest BCUT2D eigenvalue weighted by molar-refractivity contribution is -0.137. The molecule has 1 fully saturated rings. The molecule has 2 rings (SSSR count). The first kappa shape index (κ1) is 16.0. The van der Waals surface area contributed by atoms with Gasteiger partial charge in [-0.15, -0.1) is 0 Å². The van der Waals surface area contributed by atoms with E-state index in [1.807, 2.05) is 6.92 Å². The van der Waals surface area contributed by atoms with Crippen molar-refractivity contribution in [2.75, 3.05) is 13.1 Å². The minimum absolute atomic E-state index is 0.0911. The van der Waals surface area contributed by atoms with Gasteiger partial charge in [0.05, 0.1) is 6.33 Å². The van der Waals surface area contributed by atoms with Crippen LogP contribution in [0.1, 0.15) is 32.6 Å². The lowest BCUT2D eigenvalue weighted by Crippen LogP contribution is -2.38. The Morgan fingerprint density at radius 2 is 2.10 bits per heavy atom. The molecular formula is C13H21N3O4S. The molecule has 0 aliphatic carbocycles. The van der Waals surface area contributed by atoms with Crippen LogP contribution in [-0.4, -0.2) is 46.4 Å². The Balaban J connectivity index is 1.96. The lowest BCUT2D eigenvalue weighted by atomic mass is 9.93. The zero-order valence-corrected chi connectivity index (χ0v) is 12.9. The molecule has 0 spiro atoms. The molecular weight excluding hydrogens is 294 g/mol. The van der Waals surface area contributed by atoms with Crippen molar-refractivity contribution < 1.29 is 18.3 Å². The SMILES string of the molecule is CCn1cnc(S(=O)(=O)N2CCC(CCC(=O)O)CC2)c1. The number of aryl methyl sites for hydroxylation is 1. The Morgan fingerprint density at radius 1 is 1.43 bits per heavy atom. The number of nitrogens with zero attached hydrogens (tertiary/aromatic N) is 3. The molecule has 0 aromatic carbocycles. The van der Waals surface area contributed by atoms with Crippen LogP contribution < -0.4 is 0 Å². The van der Waals surface area contributed by atoms with Gasteiger partial charge in [0.1, 0.15) is 0 Å². The van der Waals surface area contributed by atoms with Gasteiger partial charge in [-0.1, -0.05) is 0 Å². The third-order valence-corrected chi connectivity index (χ3v) is 5.70. The minimum atomic E-state index is -3.52. The maximum atomic E-state index is 12.4. The predicted octanol–water partition coefficient (Wildman–Crippen LogP) is 1.17. The quantitative estimate of drug-likeness (QED) is 0.850. The summed E-state index contributed by atoms with van der Waals surface area (Å²) in [6, 6.07) is 0. The molecule has 1 aliphatic rings. The normalized spacial score (nSPS) is 18.0. The molecule has 118 valence electrons. The van der Waals surface area contributed by atoms with Gasteiger partial charge in [0, 0.05) is 32.3 Å². The Bertz CT molecular complexity index is 588. The van der Waals surface area contributed by atoms with Gasteiger partial charge in [-0.2, -0.15) is 4.31 Å². The number of sulfonamides is 1. The highest BCUT2D eigenvalue weighted by molar-refractivity contribution is 7.89. The summed E-state index contributed by atoms with van der Waals surface area (Å²) in [5, 5.41) is 8.77. The molecule has 0 atom stereocenters. The number of piperidine rings is 1. The van der Waals surface area contributed by atoms with E-state index in [1.165, 1.54) is 10.6 Å². The summed E-state index contributed by atoms with van der Waals surface area (Å²) in [7, 11) is -3.52. The van der Waals surface area contributed by atoms with Crippen molar-refractivity contribution in [3.63, 3.8) is 0 Å². The minimum Gasteiger partial charge on any atom is -0.481 e. The highest BCUT2D eigenvalue weighted by Gasteiger charge is 2.30. The Hall–Kier alpha value is -1.41. The molecule has 0 bridgehead atoms. The van der Waals surface area contributed by atoms with Crippen LogP contribution in [0.2, 0.25) is 0 Å². The number of hydrogen-bond donors (Lipinski definition) is 1. The number of rotatable bonds is 6. The second kappa shape index (κ2) is 6.57. The first-order valence-corrected chi connectivity index (χ1v) is 8.61. The molecule has 1 aliphatic heterocycles. The molecule has 0 amide bonds. The van der Waals surface area contributed by atoms with Crippen molar-refractivity contribution in [1.29, 1.82) is 0 Å². The molecule has 0 unspecified atom stereocenters. The zero-order valence-electron chi connectivity index (χ0n) is 12.1. The summed E-state index contributed by atoms with van der Waals surface area (Å²) in [6.07, 6.45) is 5.26. The number of hydrogen-bond acceptors (Lipinski definition) is 4. The maximum Gasteiger partial charge on any atom is 0.303 e. The van der Waals surface area contributed by atoms with E-state index >= 15 is 0 Å². The van der Waals surface area contributed by atoms with E-state index in [0.717, 1.165) is 0 Å². The van der Waals surface area contributed by atoms with E-state index in [-0.39, 0.29) is 11.4 Å². The van der Waals surface area contributed by atoms with E-state index in [9.17, 15) is 13.2 Å². The van der Waals surface area contributed by atoms with E-state index in [1.54, 1.807) is 10.8 Å². The van der Waals surface area contributed by atoms with Crippen molar-refractivity contribution in [3.05, 3.63) is 12.5 Å². The number of carbonyl (C=O) groups is 1. The van der Waals surface area contributed by atoms with Crippen LogP contribution in [0.25, 0.3) is 0 Å². The van der Waals surface area contributed by atoms with Crippen LogP contribution in [0.5, 0.6) is 0 Å². The van der Waals surface area contributed by atoms with Crippen LogP contribution in [0.15, 0.2) is 17.6 Å². The van der Waals surface area contributed by atoms with Crippen molar-refractivity contribution in [1.82, 2.24) is 13.9 Å². The average molecular weight is 315 g/mol. The number of aromatic nitrogens is 2. The molecule has 1 saturated heterocycles. The van der Waals surface area contributed by atoms with Crippen LogP contribution in [0, 0.1) is 5.92 Å². The first-order valence-electron chi connectivity index (χ1n) is 7.17. The molecule has 8 heteroatoms. The molecule has 21 heavy (non-hydrogen) atoms. The second-order valence-electron chi connectivity index (χ2n) is 5.32. The van der Waals surface area contributed by atoms with Crippen molar-refractivity contribution in [2.24, 2.45) is 5.92 Å². The van der Waals surface area contributed by atoms with Gasteiger partial charge in [-0.25, -0.2) is 13.4 Å². The number of imidazole rings is 1. The first-order chi connectivity index (χ1) is 9.93. The highest BCUT2D eigenvalue weighted by atomic mass is 32.2. The Kier molecular flexibility index (Phi) is 5.00. The van der Waals surface area contributed by atoms with Crippen LogP contribution in [0.3, 0.4) is 0 Å². The zero-order chi connectivity index (χ0) is 15.5. The summed E-state index contributed by atoms with van der Waals surface area (Å²) >= 11 is 0. The molecule has 1 aromatic rings. The lowest BCUT2D eigenvalue weighted by Gasteiger charge is -2.30.